The summed E-state index contributed by atoms with van der Waals surface area (Å²) in [5.41, 5.74) is 0.831. The molecule has 8 nitrogen and oxygen atoms in total. The smallest absolute Gasteiger partial charge is 0.317 e. The maximum atomic E-state index is 12.3. The third-order valence-corrected chi connectivity index (χ3v) is 4.69. The van der Waals surface area contributed by atoms with E-state index in [1.54, 1.807) is 24.3 Å². The fraction of sp³-hybridized carbons (Fsp3) is 0.556. The third kappa shape index (κ3) is 4.78. The number of amides is 2. The van der Waals surface area contributed by atoms with Gasteiger partial charge >= 0.3 is 6.03 Å². The summed E-state index contributed by atoms with van der Waals surface area (Å²) in [7, 11) is 1.72. The molecule has 0 aliphatic carbocycles. The summed E-state index contributed by atoms with van der Waals surface area (Å²) in [5.74, 6) is 0.897. The van der Waals surface area contributed by atoms with E-state index in [0.717, 1.165) is 18.7 Å². The minimum absolute atomic E-state index is 0.141. The fourth-order valence-electron chi connectivity index (χ4n) is 3.07. The molecule has 1 fully saturated rings. The van der Waals surface area contributed by atoms with Gasteiger partial charge in [-0.25, -0.2) is 4.79 Å². The van der Waals surface area contributed by atoms with Crippen molar-refractivity contribution in [3.63, 3.8) is 0 Å². The molecule has 2 aromatic rings. The van der Waals surface area contributed by atoms with Crippen LogP contribution in [-0.2, 0) is 6.54 Å². The number of carbonyl (C=O) groups is 1. The molecule has 3 rings (SSSR count). The number of pyridine rings is 1. The number of nitrogens with zero attached hydrogens (tertiary/aromatic N) is 5. The first kappa shape index (κ1) is 18.3. The highest BCUT2D eigenvalue weighted by molar-refractivity contribution is 5.73. The summed E-state index contributed by atoms with van der Waals surface area (Å²) in [6.07, 6.45) is 7.15. The fourth-order valence-corrected chi connectivity index (χ4v) is 3.07. The number of hydrogen-bond donors (Lipinski definition) is 1. The lowest BCUT2D eigenvalue weighted by Gasteiger charge is -2.32. The van der Waals surface area contributed by atoms with Crippen LogP contribution in [0.4, 0.5) is 4.79 Å². The van der Waals surface area contributed by atoms with E-state index >= 15 is 0 Å². The van der Waals surface area contributed by atoms with Gasteiger partial charge in [-0.15, -0.1) is 0 Å². The predicted octanol–water partition coefficient (Wildman–Crippen LogP) is 2.15. The van der Waals surface area contributed by atoms with Crippen molar-refractivity contribution in [1.29, 1.82) is 0 Å². The molecule has 1 atom stereocenters. The first-order chi connectivity index (χ1) is 12.6. The Kier molecular flexibility index (Phi) is 6.17. The Hall–Kier alpha value is -2.48. The van der Waals surface area contributed by atoms with E-state index in [4.69, 9.17) is 4.52 Å². The van der Waals surface area contributed by atoms with Gasteiger partial charge in [0.05, 0.1) is 0 Å². The van der Waals surface area contributed by atoms with Crippen LogP contribution >= 0.6 is 0 Å². The molecule has 1 saturated heterocycles. The highest BCUT2D eigenvalue weighted by Gasteiger charge is 2.19. The Labute approximate surface area is 153 Å². The lowest BCUT2D eigenvalue weighted by Crippen LogP contribution is -2.47. The van der Waals surface area contributed by atoms with Crippen molar-refractivity contribution < 1.29 is 9.32 Å². The van der Waals surface area contributed by atoms with E-state index in [1.165, 1.54) is 19.3 Å². The van der Waals surface area contributed by atoms with Gasteiger partial charge in [0.15, 0.2) is 0 Å². The van der Waals surface area contributed by atoms with Gasteiger partial charge in [0.1, 0.15) is 6.54 Å². The van der Waals surface area contributed by atoms with Gasteiger partial charge in [-0.05, 0) is 45.0 Å². The van der Waals surface area contributed by atoms with Crippen molar-refractivity contribution in [2.24, 2.45) is 0 Å². The molecule has 0 spiro atoms. The summed E-state index contributed by atoms with van der Waals surface area (Å²) in [5, 5.41) is 6.94. The molecule has 2 amide bonds. The maximum Gasteiger partial charge on any atom is 0.317 e. The number of urea groups is 1. The van der Waals surface area contributed by atoms with Crippen LogP contribution in [-0.4, -0.2) is 63.7 Å². The highest BCUT2D eigenvalue weighted by Crippen LogP contribution is 2.15. The molecule has 3 heterocycles. The normalized spacial score (nSPS) is 16.2. The Morgan fingerprint density at radius 1 is 1.31 bits per heavy atom. The van der Waals surface area contributed by atoms with E-state index in [-0.39, 0.29) is 12.6 Å². The molecule has 0 saturated carbocycles. The second-order valence-electron chi connectivity index (χ2n) is 6.74. The second kappa shape index (κ2) is 8.75. The average Bonchev–Trinajstić information content (AvgIpc) is 3.15. The molecular formula is C18H26N6O2. The Morgan fingerprint density at radius 2 is 2.04 bits per heavy atom. The molecule has 1 aliphatic heterocycles. The number of piperidine rings is 1. The zero-order valence-electron chi connectivity index (χ0n) is 15.4. The molecule has 0 bridgehead atoms. The van der Waals surface area contributed by atoms with Crippen LogP contribution in [0.5, 0.6) is 0 Å². The first-order valence-electron chi connectivity index (χ1n) is 9.09. The Bertz CT molecular complexity index is 699. The molecule has 26 heavy (non-hydrogen) atoms. The van der Waals surface area contributed by atoms with Gasteiger partial charge in [-0.1, -0.05) is 11.6 Å². The quantitative estimate of drug-likeness (QED) is 0.851. The second-order valence-corrected chi connectivity index (χ2v) is 6.74. The Balaban J connectivity index is 1.47. The van der Waals surface area contributed by atoms with Crippen molar-refractivity contribution in [3.8, 4) is 11.4 Å². The SMILES string of the molecule is C[C@@H](CNC(=O)N(C)Cc1nc(-c2ccncc2)no1)N1CCCCC1. The van der Waals surface area contributed by atoms with Crippen LogP contribution in [0.25, 0.3) is 11.4 Å². The Morgan fingerprint density at radius 3 is 2.77 bits per heavy atom. The van der Waals surface area contributed by atoms with E-state index < -0.39 is 0 Å². The first-order valence-corrected chi connectivity index (χ1v) is 9.09. The van der Waals surface area contributed by atoms with Gasteiger partial charge in [-0.2, -0.15) is 4.98 Å². The summed E-state index contributed by atoms with van der Waals surface area (Å²) < 4.78 is 5.25. The molecule has 2 aromatic heterocycles. The summed E-state index contributed by atoms with van der Waals surface area (Å²) in [4.78, 5) is 24.6. The van der Waals surface area contributed by atoms with E-state index in [9.17, 15) is 4.79 Å². The summed E-state index contributed by atoms with van der Waals surface area (Å²) in [6.45, 7) is 5.29. The van der Waals surface area contributed by atoms with E-state index in [0.29, 0.717) is 24.3 Å². The predicted molar refractivity (Wildman–Crippen MR) is 97.3 cm³/mol. The zero-order chi connectivity index (χ0) is 18.4. The van der Waals surface area contributed by atoms with Crippen molar-refractivity contribution >= 4 is 6.03 Å². The highest BCUT2D eigenvalue weighted by atomic mass is 16.5. The topological polar surface area (TPSA) is 87.4 Å². The summed E-state index contributed by atoms with van der Waals surface area (Å²) >= 11 is 0. The molecule has 140 valence electrons. The van der Waals surface area contributed by atoms with Crippen molar-refractivity contribution in [2.75, 3.05) is 26.7 Å². The largest absolute Gasteiger partial charge is 0.337 e. The van der Waals surface area contributed by atoms with Crippen molar-refractivity contribution in [2.45, 2.75) is 38.8 Å². The number of aromatic nitrogens is 3. The van der Waals surface area contributed by atoms with Crippen LogP contribution in [0.15, 0.2) is 29.0 Å². The molecule has 0 radical (unpaired) electrons. The maximum absolute atomic E-state index is 12.3. The third-order valence-electron chi connectivity index (χ3n) is 4.69. The number of carbonyl (C=O) groups excluding carboxylic acids is 1. The van der Waals surface area contributed by atoms with Gasteiger partial charge in [0, 0.05) is 37.6 Å². The molecule has 0 aromatic carbocycles. The van der Waals surface area contributed by atoms with Crippen LogP contribution in [0.2, 0.25) is 0 Å². The van der Waals surface area contributed by atoms with Crippen LogP contribution in [0.3, 0.4) is 0 Å². The number of rotatable bonds is 6. The van der Waals surface area contributed by atoms with Crippen LogP contribution in [0.1, 0.15) is 32.1 Å². The van der Waals surface area contributed by atoms with E-state index in [2.05, 4.69) is 32.3 Å². The molecule has 1 N–H and O–H groups in total. The van der Waals surface area contributed by atoms with Crippen molar-refractivity contribution in [1.82, 2.24) is 30.2 Å². The summed E-state index contributed by atoms with van der Waals surface area (Å²) in [6, 6.07) is 3.83. The van der Waals surface area contributed by atoms with Gasteiger partial charge < -0.3 is 14.7 Å². The lowest BCUT2D eigenvalue weighted by atomic mass is 10.1. The molecule has 0 unspecified atom stereocenters. The van der Waals surface area contributed by atoms with Crippen LogP contribution in [0, 0.1) is 0 Å². The number of hydrogen-bond acceptors (Lipinski definition) is 6. The van der Waals surface area contributed by atoms with Gasteiger partial charge in [-0.3, -0.25) is 9.88 Å². The minimum atomic E-state index is -0.141. The van der Waals surface area contributed by atoms with E-state index in [1.807, 2.05) is 12.1 Å². The zero-order valence-corrected chi connectivity index (χ0v) is 15.4. The molecular weight excluding hydrogens is 332 g/mol. The number of nitrogens with one attached hydrogen (secondary N) is 1. The molecule has 1 aliphatic rings. The monoisotopic (exact) mass is 358 g/mol. The van der Waals surface area contributed by atoms with Gasteiger partial charge in [0.2, 0.25) is 11.7 Å². The van der Waals surface area contributed by atoms with Crippen molar-refractivity contribution in [3.05, 3.63) is 30.4 Å². The standard InChI is InChI=1S/C18H26N6O2/c1-14(24-10-4-3-5-11-24)12-20-18(25)23(2)13-16-21-17(22-26-16)15-6-8-19-9-7-15/h6-9,14H,3-5,10-13H2,1-2H3,(H,20,25)/t14-/m0/s1. The average molecular weight is 358 g/mol. The lowest BCUT2D eigenvalue weighted by molar-refractivity contribution is 0.163. The van der Waals surface area contributed by atoms with Crippen LogP contribution < -0.4 is 5.32 Å². The minimum Gasteiger partial charge on any atom is -0.337 e. The van der Waals surface area contributed by atoms with Gasteiger partial charge in [0.25, 0.3) is 0 Å². The molecule has 8 heteroatoms. The number of likely N-dealkylation sites (tertiary alicyclic amines) is 1.